The van der Waals surface area contributed by atoms with Crippen molar-refractivity contribution >= 4 is 32.7 Å². The zero-order valence-electron chi connectivity index (χ0n) is 10.9. The van der Waals surface area contributed by atoms with E-state index in [2.05, 4.69) is 9.71 Å². The number of sulfonamides is 1. The molecule has 2 aromatic rings. The summed E-state index contributed by atoms with van der Waals surface area (Å²) in [5.74, 6) is 1.05. The molecule has 0 saturated carbocycles. The molecule has 0 atom stereocenters. The molecule has 0 unspecified atom stereocenters. The second-order valence-electron chi connectivity index (χ2n) is 4.47. The third-order valence-electron chi connectivity index (χ3n) is 2.80. The fourth-order valence-electron chi connectivity index (χ4n) is 1.98. The van der Waals surface area contributed by atoms with Gasteiger partial charge in [0.1, 0.15) is 5.82 Å². The van der Waals surface area contributed by atoms with Gasteiger partial charge in [-0.05, 0) is 24.6 Å². The Bertz CT molecular complexity index is 694. The molecule has 0 aliphatic rings. The van der Waals surface area contributed by atoms with Crippen molar-refractivity contribution in [3.05, 3.63) is 29.6 Å². The van der Waals surface area contributed by atoms with Crippen LogP contribution in [0.25, 0.3) is 11.0 Å². The number of rotatable bonds is 5. The Morgan fingerprint density at radius 3 is 2.79 bits per heavy atom. The van der Waals surface area contributed by atoms with Gasteiger partial charge in [-0.2, -0.15) is 0 Å². The minimum absolute atomic E-state index is 0.298. The molecule has 0 fully saturated rings. The Labute approximate surface area is 117 Å². The van der Waals surface area contributed by atoms with Crippen LogP contribution < -0.4 is 4.72 Å². The van der Waals surface area contributed by atoms with Crippen molar-refractivity contribution in [2.45, 2.75) is 19.3 Å². The normalized spacial score (nSPS) is 12.2. The number of alkyl halides is 1. The molecule has 5 nitrogen and oxygen atoms in total. The summed E-state index contributed by atoms with van der Waals surface area (Å²) < 4.78 is 26.5. The number of imidazole rings is 1. The van der Waals surface area contributed by atoms with Gasteiger partial charge in [0.2, 0.25) is 10.0 Å². The molecule has 19 heavy (non-hydrogen) atoms. The lowest BCUT2D eigenvalue weighted by Gasteiger charge is -2.08. The fourth-order valence-corrected chi connectivity index (χ4v) is 2.65. The lowest BCUT2D eigenvalue weighted by Crippen LogP contribution is -2.26. The number of hydrogen-bond acceptors (Lipinski definition) is 3. The molecule has 1 aromatic heterocycles. The third-order valence-corrected chi connectivity index (χ3v) is 3.77. The van der Waals surface area contributed by atoms with Crippen LogP contribution in [-0.4, -0.2) is 30.8 Å². The number of fused-ring (bicyclic) bond motifs is 1. The number of nitrogens with zero attached hydrogens (tertiary/aromatic N) is 2. The number of halogens is 1. The maximum Gasteiger partial charge on any atom is 0.208 e. The highest BCUT2D eigenvalue weighted by Gasteiger charge is 2.10. The molecule has 104 valence electrons. The average Bonchev–Trinajstić information content (AvgIpc) is 2.65. The minimum Gasteiger partial charge on any atom is -0.326 e. The van der Waals surface area contributed by atoms with Crippen LogP contribution in [0.15, 0.2) is 18.2 Å². The Morgan fingerprint density at radius 1 is 1.42 bits per heavy atom. The Kier molecular flexibility index (Phi) is 4.13. The predicted octanol–water partition coefficient (Wildman–Crippen LogP) is 1.63. The summed E-state index contributed by atoms with van der Waals surface area (Å²) in [6, 6.07) is 5.97. The van der Waals surface area contributed by atoms with Crippen LogP contribution in [0.1, 0.15) is 11.4 Å². The van der Waals surface area contributed by atoms with E-state index in [1.165, 1.54) is 0 Å². The van der Waals surface area contributed by atoms with Crippen molar-refractivity contribution in [3.8, 4) is 0 Å². The second-order valence-corrected chi connectivity index (χ2v) is 6.57. The first-order chi connectivity index (χ1) is 8.90. The zero-order valence-corrected chi connectivity index (χ0v) is 12.4. The van der Waals surface area contributed by atoms with E-state index in [9.17, 15) is 8.42 Å². The van der Waals surface area contributed by atoms with Crippen LogP contribution in [0.4, 0.5) is 0 Å². The molecular weight excluding hydrogens is 286 g/mol. The zero-order chi connectivity index (χ0) is 14.0. The van der Waals surface area contributed by atoms with Gasteiger partial charge in [0.15, 0.2) is 0 Å². The van der Waals surface area contributed by atoms with E-state index in [1.807, 2.05) is 29.7 Å². The molecule has 0 amide bonds. The van der Waals surface area contributed by atoms with Gasteiger partial charge in [0.05, 0.1) is 23.2 Å². The highest BCUT2D eigenvalue weighted by Crippen LogP contribution is 2.18. The van der Waals surface area contributed by atoms with E-state index >= 15 is 0 Å². The van der Waals surface area contributed by atoms with Crippen LogP contribution in [0.3, 0.4) is 0 Å². The molecule has 7 heteroatoms. The molecule has 0 bridgehead atoms. The van der Waals surface area contributed by atoms with Gasteiger partial charge in [-0.15, -0.1) is 11.6 Å². The molecule has 1 N–H and O–H groups in total. The molecule has 0 aliphatic heterocycles. The Morgan fingerprint density at radius 2 is 2.16 bits per heavy atom. The molecule has 2 rings (SSSR count). The van der Waals surface area contributed by atoms with Gasteiger partial charge in [-0.1, -0.05) is 6.07 Å². The van der Waals surface area contributed by atoms with Crippen molar-refractivity contribution in [1.82, 2.24) is 14.3 Å². The van der Waals surface area contributed by atoms with Crippen molar-refractivity contribution in [3.63, 3.8) is 0 Å². The lowest BCUT2D eigenvalue weighted by atomic mass is 10.2. The third kappa shape index (κ3) is 3.46. The predicted molar refractivity (Wildman–Crippen MR) is 76.9 cm³/mol. The number of nitrogens with one attached hydrogen (secondary N) is 1. The monoisotopic (exact) mass is 301 g/mol. The molecule has 0 spiro atoms. The van der Waals surface area contributed by atoms with Crippen LogP contribution in [-0.2, 0) is 22.4 Å². The second kappa shape index (κ2) is 5.48. The van der Waals surface area contributed by atoms with E-state index in [-0.39, 0.29) is 0 Å². The van der Waals surface area contributed by atoms with Crippen LogP contribution in [0.2, 0.25) is 0 Å². The maximum atomic E-state index is 11.1. The highest BCUT2D eigenvalue weighted by atomic mass is 35.5. The van der Waals surface area contributed by atoms with E-state index < -0.39 is 10.0 Å². The number of hydrogen-bond donors (Lipinski definition) is 1. The van der Waals surface area contributed by atoms with Crippen molar-refractivity contribution in [2.75, 3.05) is 12.8 Å². The first-order valence-corrected chi connectivity index (χ1v) is 8.29. The Hall–Kier alpha value is -1.11. The standard InChI is InChI=1S/C12H16ClN3O2S/c1-9-3-4-11-10(7-9)15-12(8-13)16(11)6-5-14-19(2,17)18/h3-4,7,14H,5-6,8H2,1-2H3. The van der Waals surface area contributed by atoms with Crippen molar-refractivity contribution in [2.24, 2.45) is 0 Å². The Balaban J connectivity index is 2.30. The van der Waals surface area contributed by atoms with Gasteiger partial charge in [-0.25, -0.2) is 18.1 Å². The number of aromatic nitrogens is 2. The minimum atomic E-state index is -3.17. The smallest absolute Gasteiger partial charge is 0.208 e. The van der Waals surface area contributed by atoms with Crippen molar-refractivity contribution < 1.29 is 8.42 Å². The van der Waals surface area contributed by atoms with E-state index in [0.29, 0.717) is 19.0 Å². The van der Waals surface area contributed by atoms with Crippen LogP contribution in [0, 0.1) is 6.92 Å². The molecular formula is C12H16ClN3O2S. The molecule has 0 radical (unpaired) electrons. The largest absolute Gasteiger partial charge is 0.326 e. The highest BCUT2D eigenvalue weighted by molar-refractivity contribution is 7.88. The van der Waals surface area contributed by atoms with E-state index in [0.717, 1.165) is 28.7 Å². The summed E-state index contributed by atoms with van der Waals surface area (Å²) in [4.78, 5) is 4.46. The van der Waals surface area contributed by atoms with Gasteiger partial charge in [-0.3, -0.25) is 0 Å². The number of benzene rings is 1. The summed E-state index contributed by atoms with van der Waals surface area (Å²) in [6.07, 6.45) is 1.14. The molecule has 0 aliphatic carbocycles. The first kappa shape index (κ1) is 14.3. The fraction of sp³-hybridized carbons (Fsp3) is 0.417. The van der Waals surface area contributed by atoms with Gasteiger partial charge >= 0.3 is 0 Å². The van der Waals surface area contributed by atoms with E-state index in [1.54, 1.807) is 0 Å². The first-order valence-electron chi connectivity index (χ1n) is 5.87. The summed E-state index contributed by atoms with van der Waals surface area (Å²) in [6.45, 7) is 2.83. The molecule has 1 aromatic carbocycles. The summed E-state index contributed by atoms with van der Waals surface area (Å²) in [5.41, 5.74) is 2.99. The molecule has 1 heterocycles. The van der Waals surface area contributed by atoms with Crippen molar-refractivity contribution in [1.29, 1.82) is 0 Å². The van der Waals surface area contributed by atoms with Crippen LogP contribution >= 0.6 is 11.6 Å². The molecule has 0 saturated heterocycles. The summed E-state index contributed by atoms with van der Waals surface area (Å²) in [7, 11) is -3.17. The van der Waals surface area contributed by atoms with Gasteiger partial charge < -0.3 is 4.57 Å². The van der Waals surface area contributed by atoms with Gasteiger partial charge in [0, 0.05) is 13.1 Å². The number of aryl methyl sites for hydroxylation is 1. The lowest BCUT2D eigenvalue weighted by molar-refractivity contribution is 0.578. The summed E-state index contributed by atoms with van der Waals surface area (Å²) >= 11 is 5.89. The van der Waals surface area contributed by atoms with Gasteiger partial charge in [0.25, 0.3) is 0 Å². The summed E-state index contributed by atoms with van der Waals surface area (Å²) in [5, 5.41) is 0. The maximum absolute atomic E-state index is 11.1. The topological polar surface area (TPSA) is 64.0 Å². The average molecular weight is 302 g/mol. The van der Waals surface area contributed by atoms with Crippen LogP contribution in [0.5, 0.6) is 0 Å². The van der Waals surface area contributed by atoms with E-state index in [4.69, 9.17) is 11.6 Å². The quantitative estimate of drug-likeness (QED) is 0.854. The SMILES string of the molecule is Cc1ccc2c(c1)nc(CCl)n2CCNS(C)(=O)=O.